The molecule has 0 heterocycles. The van der Waals surface area contributed by atoms with Crippen LogP contribution in [0.25, 0.3) is 0 Å². The number of rotatable bonds is 4. The van der Waals surface area contributed by atoms with Gasteiger partial charge in [0, 0.05) is 11.6 Å². The van der Waals surface area contributed by atoms with Crippen LogP contribution < -0.4 is 11.1 Å². The summed E-state index contributed by atoms with van der Waals surface area (Å²) in [5.41, 5.74) is 8.18. The molecule has 0 saturated heterocycles. The van der Waals surface area contributed by atoms with Crippen LogP contribution in [0.3, 0.4) is 0 Å². The summed E-state index contributed by atoms with van der Waals surface area (Å²) >= 11 is 0. The van der Waals surface area contributed by atoms with Crippen LogP contribution in [0, 0.1) is 10.1 Å². The predicted octanol–water partition coefficient (Wildman–Crippen LogP) is 3.19. The molecule has 0 radical (unpaired) electrons. The van der Waals surface area contributed by atoms with Crippen molar-refractivity contribution >= 4 is 17.1 Å². The number of nitro benzene ring substituents is 1. The Morgan fingerprint density at radius 1 is 1.26 bits per heavy atom. The molecule has 2 aliphatic rings. The van der Waals surface area contributed by atoms with Crippen molar-refractivity contribution in [3.8, 4) is 0 Å². The van der Waals surface area contributed by atoms with Crippen molar-refractivity contribution in [1.29, 1.82) is 0 Å². The molecule has 0 aliphatic heterocycles. The third-order valence-corrected chi connectivity index (χ3v) is 4.47. The minimum atomic E-state index is -0.334. The van der Waals surface area contributed by atoms with Gasteiger partial charge in [0.2, 0.25) is 0 Å². The van der Waals surface area contributed by atoms with Crippen LogP contribution in [-0.2, 0) is 5.41 Å². The molecule has 2 aliphatic carbocycles. The van der Waals surface area contributed by atoms with Gasteiger partial charge in [0.05, 0.1) is 10.6 Å². The average molecular weight is 261 g/mol. The summed E-state index contributed by atoms with van der Waals surface area (Å²) < 4.78 is 0. The van der Waals surface area contributed by atoms with Gasteiger partial charge < -0.3 is 11.1 Å². The Kier molecular flexibility index (Phi) is 2.34. The van der Waals surface area contributed by atoms with Crippen molar-refractivity contribution in [3.63, 3.8) is 0 Å². The van der Waals surface area contributed by atoms with Crippen molar-refractivity contribution in [2.75, 3.05) is 11.1 Å². The normalized spacial score (nSPS) is 21.8. The number of hydrogen-bond donors (Lipinski definition) is 2. The molecule has 0 atom stereocenters. The molecule has 102 valence electrons. The van der Waals surface area contributed by atoms with E-state index in [0.717, 1.165) is 31.2 Å². The molecule has 0 amide bonds. The summed E-state index contributed by atoms with van der Waals surface area (Å²) in [5, 5.41) is 14.5. The molecule has 1 aromatic carbocycles. The number of hydrogen-bond acceptors (Lipinski definition) is 4. The molecule has 3 rings (SSSR count). The summed E-state index contributed by atoms with van der Waals surface area (Å²) in [6.45, 7) is 4.19. The van der Waals surface area contributed by atoms with Gasteiger partial charge in [-0.05, 0) is 49.7 Å². The van der Waals surface area contributed by atoms with Gasteiger partial charge in [-0.1, -0.05) is 6.92 Å². The Morgan fingerprint density at radius 2 is 1.89 bits per heavy atom. The molecular formula is C14H19N3O2. The lowest BCUT2D eigenvalue weighted by molar-refractivity contribution is -0.384. The monoisotopic (exact) mass is 261 g/mol. The Morgan fingerprint density at radius 3 is 2.37 bits per heavy atom. The third-order valence-electron chi connectivity index (χ3n) is 4.47. The van der Waals surface area contributed by atoms with Gasteiger partial charge in [0.15, 0.2) is 0 Å². The van der Waals surface area contributed by atoms with Crippen LogP contribution in [-0.4, -0.2) is 10.5 Å². The molecule has 3 N–H and O–H groups in total. The number of nitrogens with two attached hydrogens (primary N) is 1. The Labute approximate surface area is 112 Å². The first-order valence-electron chi connectivity index (χ1n) is 6.70. The molecule has 0 unspecified atom stereocenters. The highest BCUT2D eigenvalue weighted by molar-refractivity contribution is 5.79. The predicted molar refractivity (Wildman–Crippen MR) is 75.4 cm³/mol. The number of anilines is 2. The molecule has 2 fully saturated rings. The zero-order chi connectivity index (χ0) is 13.8. The second kappa shape index (κ2) is 3.62. The second-order valence-corrected chi connectivity index (χ2v) is 6.46. The Hall–Kier alpha value is -1.78. The minimum Gasteiger partial charge on any atom is -0.397 e. The van der Waals surface area contributed by atoms with Crippen LogP contribution in [0.15, 0.2) is 12.1 Å². The van der Waals surface area contributed by atoms with Gasteiger partial charge in [-0.2, -0.15) is 0 Å². The number of nitrogen functional groups attached to an aromatic ring is 1. The lowest BCUT2D eigenvalue weighted by Gasteiger charge is -2.18. The maximum absolute atomic E-state index is 11.3. The van der Waals surface area contributed by atoms with Gasteiger partial charge in [0.1, 0.15) is 5.69 Å². The van der Waals surface area contributed by atoms with E-state index in [0.29, 0.717) is 11.4 Å². The zero-order valence-electron chi connectivity index (χ0n) is 11.3. The fourth-order valence-electron chi connectivity index (χ4n) is 2.37. The van der Waals surface area contributed by atoms with Gasteiger partial charge in [-0.15, -0.1) is 0 Å². The summed E-state index contributed by atoms with van der Waals surface area (Å²) in [6, 6.07) is 3.59. The summed E-state index contributed by atoms with van der Waals surface area (Å²) in [5.74, 6) is 0. The van der Waals surface area contributed by atoms with E-state index in [1.165, 1.54) is 0 Å². The first-order valence-corrected chi connectivity index (χ1v) is 6.70. The highest BCUT2D eigenvalue weighted by atomic mass is 16.6. The van der Waals surface area contributed by atoms with Crippen LogP contribution in [0.2, 0.25) is 0 Å². The van der Waals surface area contributed by atoms with Crippen LogP contribution in [0.4, 0.5) is 17.1 Å². The van der Waals surface area contributed by atoms with E-state index in [4.69, 9.17) is 5.73 Å². The second-order valence-electron chi connectivity index (χ2n) is 6.46. The molecule has 5 heteroatoms. The van der Waals surface area contributed by atoms with Crippen LogP contribution >= 0.6 is 0 Å². The van der Waals surface area contributed by atoms with E-state index in [1.807, 2.05) is 6.07 Å². The number of nitrogens with one attached hydrogen (secondary N) is 1. The first-order chi connectivity index (χ1) is 8.83. The first kappa shape index (κ1) is 12.3. The SMILES string of the molecule is CC1(Nc2c(N)cc(C3(C)CC3)cc2[N+](=O)[O-])CC1. The topological polar surface area (TPSA) is 81.2 Å². The molecule has 0 spiro atoms. The van der Waals surface area contributed by atoms with Crippen LogP contribution in [0.5, 0.6) is 0 Å². The summed E-state index contributed by atoms with van der Waals surface area (Å²) in [7, 11) is 0. The van der Waals surface area contributed by atoms with E-state index in [-0.39, 0.29) is 21.6 Å². The fraction of sp³-hybridized carbons (Fsp3) is 0.571. The van der Waals surface area contributed by atoms with Gasteiger partial charge in [-0.3, -0.25) is 10.1 Å². The largest absolute Gasteiger partial charge is 0.397 e. The molecular weight excluding hydrogens is 242 g/mol. The third kappa shape index (κ3) is 2.13. The molecule has 0 aromatic heterocycles. The molecule has 2 saturated carbocycles. The Bertz CT molecular complexity index is 560. The van der Waals surface area contributed by atoms with Crippen molar-refractivity contribution in [3.05, 3.63) is 27.8 Å². The molecule has 1 aromatic rings. The lowest BCUT2D eigenvalue weighted by atomic mass is 9.96. The fourth-order valence-corrected chi connectivity index (χ4v) is 2.37. The van der Waals surface area contributed by atoms with Gasteiger partial charge in [0.25, 0.3) is 5.69 Å². The van der Waals surface area contributed by atoms with E-state index >= 15 is 0 Å². The zero-order valence-corrected chi connectivity index (χ0v) is 11.3. The van der Waals surface area contributed by atoms with Crippen molar-refractivity contribution in [2.45, 2.75) is 50.5 Å². The highest BCUT2D eigenvalue weighted by Crippen LogP contribution is 2.51. The quantitative estimate of drug-likeness (QED) is 0.495. The van der Waals surface area contributed by atoms with Gasteiger partial charge >= 0.3 is 0 Å². The highest BCUT2D eigenvalue weighted by Gasteiger charge is 2.42. The number of nitrogens with zero attached hydrogens (tertiary/aromatic N) is 1. The molecule has 19 heavy (non-hydrogen) atoms. The number of nitro groups is 1. The number of benzene rings is 1. The molecule has 0 bridgehead atoms. The van der Waals surface area contributed by atoms with E-state index in [9.17, 15) is 10.1 Å². The Balaban J connectivity index is 2.04. The van der Waals surface area contributed by atoms with E-state index in [2.05, 4.69) is 19.2 Å². The minimum absolute atomic E-state index is 0.0239. The summed E-state index contributed by atoms with van der Waals surface area (Å²) in [4.78, 5) is 11.0. The standard InChI is InChI=1S/C14H19N3O2/c1-13(3-4-13)9-7-10(15)12(11(8-9)17(18)19)16-14(2)5-6-14/h7-8,16H,3-6,15H2,1-2H3. The maximum Gasteiger partial charge on any atom is 0.294 e. The van der Waals surface area contributed by atoms with Crippen molar-refractivity contribution < 1.29 is 4.92 Å². The van der Waals surface area contributed by atoms with E-state index in [1.54, 1.807) is 6.07 Å². The maximum atomic E-state index is 11.3. The van der Waals surface area contributed by atoms with Crippen molar-refractivity contribution in [1.82, 2.24) is 0 Å². The smallest absolute Gasteiger partial charge is 0.294 e. The lowest BCUT2D eigenvalue weighted by Crippen LogP contribution is -2.18. The van der Waals surface area contributed by atoms with Gasteiger partial charge in [-0.25, -0.2) is 0 Å². The average Bonchev–Trinajstić information content (AvgIpc) is 3.22. The van der Waals surface area contributed by atoms with E-state index < -0.39 is 0 Å². The summed E-state index contributed by atoms with van der Waals surface area (Å²) in [6.07, 6.45) is 4.22. The van der Waals surface area contributed by atoms with Crippen molar-refractivity contribution in [2.24, 2.45) is 0 Å². The van der Waals surface area contributed by atoms with Crippen LogP contribution in [0.1, 0.15) is 45.1 Å². The molecule has 5 nitrogen and oxygen atoms in total.